The first-order chi connectivity index (χ1) is 16.7. The van der Waals surface area contributed by atoms with Crippen LogP contribution in [0.4, 0.5) is 13.2 Å². The Bertz CT molecular complexity index is 968. The van der Waals surface area contributed by atoms with Crippen LogP contribution in [0.15, 0.2) is 42.6 Å². The van der Waals surface area contributed by atoms with Crippen LogP contribution in [0.1, 0.15) is 42.2 Å². The Hall–Kier alpha value is -2.65. The van der Waals surface area contributed by atoms with Gasteiger partial charge in [-0.1, -0.05) is 24.3 Å². The molecule has 0 radical (unpaired) electrons. The number of carbonyl (C=O) groups is 1. The van der Waals surface area contributed by atoms with Gasteiger partial charge in [0, 0.05) is 27.1 Å². The zero-order valence-electron chi connectivity index (χ0n) is 20.1. The van der Waals surface area contributed by atoms with Crippen LogP contribution in [-0.4, -0.2) is 66.9 Å². The van der Waals surface area contributed by atoms with Gasteiger partial charge < -0.3 is 19.3 Å². The molecule has 2 heterocycles. The first-order valence-electron chi connectivity index (χ1n) is 12.0. The van der Waals surface area contributed by atoms with Gasteiger partial charge >= 0.3 is 6.36 Å². The quantitative estimate of drug-likeness (QED) is 0.521. The number of pyridine rings is 1. The number of likely N-dealkylation sites (N-methyl/N-ethyl adjacent to an activating group) is 1. The second-order valence-corrected chi connectivity index (χ2v) is 9.45. The second-order valence-electron chi connectivity index (χ2n) is 9.45. The zero-order chi connectivity index (χ0) is 25.0. The number of hydrogen-bond acceptors (Lipinski definition) is 5. The molecule has 1 saturated heterocycles. The Kier molecular flexibility index (Phi) is 7.96. The smallest absolute Gasteiger partial charge is 0.404 e. The molecule has 0 saturated carbocycles. The van der Waals surface area contributed by atoms with Crippen LogP contribution in [-0.2, 0) is 22.4 Å². The van der Waals surface area contributed by atoms with Crippen molar-refractivity contribution in [2.45, 2.75) is 50.6 Å². The van der Waals surface area contributed by atoms with Crippen molar-refractivity contribution in [2.75, 3.05) is 33.8 Å². The summed E-state index contributed by atoms with van der Waals surface area (Å²) in [5.74, 6) is -0.101. The summed E-state index contributed by atoms with van der Waals surface area (Å²) in [4.78, 5) is 21.7. The fraction of sp³-hybridized carbons (Fsp3) is 0.538. The Balaban J connectivity index is 1.49. The fourth-order valence-corrected chi connectivity index (χ4v) is 5.25. The van der Waals surface area contributed by atoms with Gasteiger partial charge in [-0.05, 0) is 68.0 Å². The van der Waals surface area contributed by atoms with Crippen molar-refractivity contribution in [3.63, 3.8) is 0 Å². The number of methoxy groups -OCH3 is 1. The van der Waals surface area contributed by atoms with Gasteiger partial charge in [-0.25, -0.2) is 0 Å². The van der Waals surface area contributed by atoms with Crippen LogP contribution < -0.4 is 4.74 Å². The predicted octanol–water partition coefficient (Wildman–Crippen LogP) is 4.40. The van der Waals surface area contributed by atoms with Crippen LogP contribution in [0, 0.1) is 5.92 Å². The highest BCUT2D eigenvalue weighted by Gasteiger charge is 2.35. The zero-order valence-corrected chi connectivity index (χ0v) is 20.1. The van der Waals surface area contributed by atoms with Gasteiger partial charge in [0.15, 0.2) is 0 Å². The van der Waals surface area contributed by atoms with E-state index in [1.807, 2.05) is 12.1 Å². The molecule has 1 aliphatic heterocycles. The number of ether oxygens (including phenoxy) is 2. The van der Waals surface area contributed by atoms with Crippen molar-refractivity contribution in [1.82, 2.24) is 14.8 Å². The molecule has 2 aromatic rings. The summed E-state index contributed by atoms with van der Waals surface area (Å²) in [6, 6.07) is 10.7. The number of halogens is 3. The van der Waals surface area contributed by atoms with Crippen molar-refractivity contribution >= 4 is 5.91 Å². The lowest BCUT2D eigenvalue weighted by atomic mass is 9.99. The number of nitrogens with zero attached hydrogens (tertiary/aromatic N) is 3. The molecular weight excluding hydrogens is 459 g/mol. The lowest BCUT2D eigenvalue weighted by Crippen LogP contribution is -2.48. The van der Waals surface area contributed by atoms with Gasteiger partial charge in [-0.15, -0.1) is 13.2 Å². The number of hydrogen-bond donors (Lipinski definition) is 0. The molecule has 0 N–H and O–H groups in total. The monoisotopic (exact) mass is 491 g/mol. The summed E-state index contributed by atoms with van der Waals surface area (Å²) in [5, 5.41) is 0. The topological polar surface area (TPSA) is 54.9 Å². The SMILES string of the molecule is CO[C@H](c1ccc(OC(F)(F)F)cn1)[C@@H](CN1CCCC1)N(C)C(=O)CC1Cc2ccccc2C1. The molecular formula is C26H32F3N3O3. The van der Waals surface area contributed by atoms with Crippen molar-refractivity contribution in [2.24, 2.45) is 5.92 Å². The number of alkyl halides is 3. The van der Waals surface area contributed by atoms with Gasteiger partial charge in [-0.2, -0.15) is 0 Å². The largest absolute Gasteiger partial charge is 0.573 e. The molecule has 0 spiro atoms. The lowest BCUT2D eigenvalue weighted by molar-refractivity contribution is -0.274. The number of amides is 1. The molecule has 35 heavy (non-hydrogen) atoms. The number of likely N-dealkylation sites (tertiary alicyclic amines) is 1. The third kappa shape index (κ3) is 6.52. The summed E-state index contributed by atoms with van der Waals surface area (Å²) < 4.78 is 47.4. The van der Waals surface area contributed by atoms with E-state index in [1.165, 1.54) is 30.4 Å². The van der Waals surface area contributed by atoms with Gasteiger partial charge in [0.2, 0.25) is 5.91 Å². The van der Waals surface area contributed by atoms with Gasteiger partial charge in [0.05, 0.1) is 17.9 Å². The van der Waals surface area contributed by atoms with Crippen molar-refractivity contribution < 1.29 is 27.4 Å². The highest BCUT2D eigenvalue weighted by molar-refractivity contribution is 5.77. The molecule has 0 bridgehead atoms. The molecule has 1 aromatic carbocycles. The van der Waals surface area contributed by atoms with Gasteiger partial charge in [0.1, 0.15) is 11.9 Å². The van der Waals surface area contributed by atoms with Crippen molar-refractivity contribution in [3.05, 3.63) is 59.4 Å². The van der Waals surface area contributed by atoms with E-state index < -0.39 is 18.2 Å². The maximum Gasteiger partial charge on any atom is 0.573 e. The Morgan fingerprint density at radius 1 is 1.14 bits per heavy atom. The molecule has 1 aromatic heterocycles. The standard InChI is InChI=1S/C26H32F3N3O3/c1-31(24(33)15-18-13-19-7-3-4-8-20(19)14-18)23(17-32-11-5-6-12-32)25(34-2)22-10-9-21(16-30-22)35-26(27,28)29/h3-4,7-10,16,18,23,25H,5-6,11-15,17H2,1-2H3/t23-,25-/m1/s1. The van der Waals surface area contributed by atoms with Crippen molar-refractivity contribution in [1.29, 1.82) is 0 Å². The maximum absolute atomic E-state index is 13.4. The summed E-state index contributed by atoms with van der Waals surface area (Å²) in [5.41, 5.74) is 3.07. The summed E-state index contributed by atoms with van der Waals surface area (Å²) in [6.07, 6.45) is 0.0853. The van der Waals surface area contributed by atoms with Crippen LogP contribution in [0.3, 0.4) is 0 Å². The first kappa shape index (κ1) is 25.4. The molecule has 1 amide bonds. The minimum absolute atomic E-state index is 0.0334. The van der Waals surface area contributed by atoms with E-state index in [-0.39, 0.29) is 17.9 Å². The highest BCUT2D eigenvalue weighted by atomic mass is 19.4. The maximum atomic E-state index is 13.4. The van der Waals surface area contributed by atoms with E-state index >= 15 is 0 Å². The molecule has 0 unspecified atom stereocenters. The van der Waals surface area contributed by atoms with Gasteiger partial charge in [-0.3, -0.25) is 9.78 Å². The van der Waals surface area contributed by atoms with E-state index in [0.717, 1.165) is 45.0 Å². The van der Waals surface area contributed by atoms with Crippen LogP contribution in [0.2, 0.25) is 0 Å². The Morgan fingerprint density at radius 2 is 1.80 bits per heavy atom. The first-order valence-corrected chi connectivity index (χ1v) is 12.0. The molecule has 190 valence electrons. The number of rotatable bonds is 9. The van der Waals surface area contributed by atoms with E-state index in [0.29, 0.717) is 18.7 Å². The Morgan fingerprint density at radius 3 is 2.34 bits per heavy atom. The van der Waals surface area contributed by atoms with E-state index in [2.05, 4.69) is 26.8 Å². The number of fused-ring (bicyclic) bond motifs is 1. The normalized spacial score (nSPS) is 18.3. The molecule has 2 aliphatic rings. The molecule has 9 heteroatoms. The van der Waals surface area contributed by atoms with Crippen molar-refractivity contribution in [3.8, 4) is 5.75 Å². The number of benzene rings is 1. The molecule has 1 fully saturated rings. The Labute approximate surface area is 204 Å². The van der Waals surface area contributed by atoms with E-state index in [1.54, 1.807) is 11.9 Å². The average Bonchev–Trinajstić information content (AvgIpc) is 3.47. The highest BCUT2D eigenvalue weighted by Crippen LogP contribution is 2.31. The fourth-order valence-electron chi connectivity index (χ4n) is 5.25. The van der Waals surface area contributed by atoms with Crippen LogP contribution in [0.5, 0.6) is 5.75 Å². The predicted molar refractivity (Wildman–Crippen MR) is 125 cm³/mol. The summed E-state index contributed by atoms with van der Waals surface area (Å²) in [6.45, 7) is 2.49. The van der Waals surface area contributed by atoms with Crippen LogP contribution in [0.25, 0.3) is 0 Å². The second kappa shape index (κ2) is 11.0. The molecule has 2 atom stereocenters. The van der Waals surface area contributed by atoms with Gasteiger partial charge in [0.25, 0.3) is 0 Å². The van der Waals surface area contributed by atoms with E-state index in [4.69, 9.17) is 4.74 Å². The minimum atomic E-state index is -4.78. The number of aromatic nitrogens is 1. The molecule has 1 aliphatic carbocycles. The third-order valence-corrected chi connectivity index (χ3v) is 7.02. The minimum Gasteiger partial charge on any atom is -0.404 e. The molecule has 6 nitrogen and oxygen atoms in total. The number of carbonyl (C=O) groups excluding carboxylic acids is 1. The van der Waals surface area contributed by atoms with Crippen LogP contribution >= 0.6 is 0 Å². The average molecular weight is 492 g/mol. The summed E-state index contributed by atoms with van der Waals surface area (Å²) in [7, 11) is 3.33. The molecule has 4 rings (SSSR count). The summed E-state index contributed by atoms with van der Waals surface area (Å²) >= 11 is 0. The van der Waals surface area contributed by atoms with E-state index in [9.17, 15) is 18.0 Å². The third-order valence-electron chi connectivity index (χ3n) is 7.02. The lowest BCUT2D eigenvalue weighted by Gasteiger charge is -2.36.